The molecule has 0 aliphatic carbocycles. The standard InChI is InChI=1S/C14H14N2O2S/c1-9-5-6-12(17)11(8-9)10(2)15-16-14(18)13-4-3-7-19-13/h3-8,17H,1-2H3,(H,16,18)/b15-10-. The molecule has 0 saturated heterocycles. The van der Waals surface area contributed by atoms with Gasteiger partial charge in [0.05, 0.1) is 10.6 Å². The van der Waals surface area contributed by atoms with Crippen molar-refractivity contribution < 1.29 is 9.90 Å². The largest absolute Gasteiger partial charge is 0.507 e. The Bertz CT molecular complexity index is 618. The van der Waals surface area contributed by atoms with Gasteiger partial charge in [0, 0.05) is 5.56 Å². The lowest BCUT2D eigenvalue weighted by molar-refractivity contribution is 0.0959. The van der Waals surface area contributed by atoms with Crippen molar-refractivity contribution in [1.82, 2.24) is 5.43 Å². The van der Waals surface area contributed by atoms with Gasteiger partial charge in [0.2, 0.25) is 0 Å². The molecule has 5 heteroatoms. The third-order valence-electron chi connectivity index (χ3n) is 2.61. The van der Waals surface area contributed by atoms with E-state index in [1.54, 1.807) is 19.1 Å². The molecule has 2 aromatic rings. The molecule has 4 nitrogen and oxygen atoms in total. The Kier molecular flexibility index (Phi) is 3.97. The predicted molar refractivity (Wildman–Crippen MR) is 76.8 cm³/mol. The number of nitrogens with one attached hydrogen (secondary N) is 1. The van der Waals surface area contributed by atoms with Crippen molar-refractivity contribution in [2.24, 2.45) is 5.10 Å². The molecule has 0 atom stereocenters. The Morgan fingerprint density at radius 2 is 2.16 bits per heavy atom. The number of nitrogens with zero attached hydrogens (tertiary/aromatic N) is 1. The Balaban J connectivity index is 2.15. The summed E-state index contributed by atoms with van der Waals surface area (Å²) < 4.78 is 0. The van der Waals surface area contributed by atoms with Crippen molar-refractivity contribution in [1.29, 1.82) is 0 Å². The number of rotatable bonds is 3. The lowest BCUT2D eigenvalue weighted by Crippen LogP contribution is -2.18. The monoisotopic (exact) mass is 274 g/mol. The number of hydrogen-bond donors (Lipinski definition) is 2. The third-order valence-corrected chi connectivity index (χ3v) is 3.48. The summed E-state index contributed by atoms with van der Waals surface area (Å²) in [7, 11) is 0. The minimum Gasteiger partial charge on any atom is -0.507 e. The van der Waals surface area contributed by atoms with Gasteiger partial charge < -0.3 is 5.11 Å². The molecule has 98 valence electrons. The highest BCUT2D eigenvalue weighted by atomic mass is 32.1. The summed E-state index contributed by atoms with van der Waals surface area (Å²) in [4.78, 5) is 12.3. The SMILES string of the molecule is C/C(=N/NC(=O)c1cccs1)c1cc(C)ccc1O. The Morgan fingerprint density at radius 1 is 1.37 bits per heavy atom. The first-order valence-electron chi connectivity index (χ1n) is 5.76. The van der Waals surface area contributed by atoms with E-state index in [-0.39, 0.29) is 11.7 Å². The molecule has 2 rings (SSSR count). The number of hydrazone groups is 1. The quantitative estimate of drug-likeness (QED) is 0.667. The maximum absolute atomic E-state index is 11.7. The van der Waals surface area contributed by atoms with Gasteiger partial charge in [0.15, 0.2) is 0 Å². The minimum absolute atomic E-state index is 0.150. The fourth-order valence-corrected chi connectivity index (χ4v) is 2.21. The summed E-state index contributed by atoms with van der Waals surface area (Å²) in [6.45, 7) is 3.67. The molecule has 0 radical (unpaired) electrons. The number of benzene rings is 1. The summed E-state index contributed by atoms with van der Waals surface area (Å²) in [5.41, 5.74) is 4.68. The number of amides is 1. The molecule has 0 unspecified atom stereocenters. The molecule has 1 amide bonds. The molecular weight excluding hydrogens is 260 g/mol. The van der Waals surface area contributed by atoms with Gasteiger partial charge in [-0.25, -0.2) is 5.43 Å². The van der Waals surface area contributed by atoms with Gasteiger partial charge in [0.25, 0.3) is 5.91 Å². The Hall–Kier alpha value is -2.14. The van der Waals surface area contributed by atoms with E-state index in [0.29, 0.717) is 16.2 Å². The van der Waals surface area contributed by atoms with Crippen molar-refractivity contribution in [3.05, 3.63) is 51.7 Å². The average Bonchev–Trinajstić information content (AvgIpc) is 2.92. The van der Waals surface area contributed by atoms with E-state index in [4.69, 9.17) is 0 Å². The number of aryl methyl sites for hydroxylation is 1. The maximum Gasteiger partial charge on any atom is 0.281 e. The first-order chi connectivity index (χ1) is 9.08. The molecule has 1 aromatic carbocycles. The van der Waals surface area contributed by atoms with Crippen LogP contribution in [0.25, 0.3) is 0 Å². The van der Waals surface area contributed by atoms with E-state index in [9.17, 15) is 9.90 Å². The Morgan fingerprint density at radius 3 is 2.84 bits per heavy atom. The predicted octanol–water partition coefficient (Wildman–Crippen LogP) is 2.92. The highest BCUT2D eigenvalue weighted by Gasteiger charge is 2.07. The van der Waals surface area contributed by atoms with E-state index in [2.05, 4.69) is 10.5 Å². The number of aromatic hydroxyl groups is 1. The van der Waals surface area contributed by atoms with Gasteiger partial charge in [-0.1, -0.05) is 17.7 Å². The lowest BCUT2D eigenvalue weighted by Gasteiger charge is -2.05. The molecule has 0 aliphatic heterocycles. The third kappa shape index (κ3) is 3.20. The summed E-state index contributed by atoms with van der Waals surface area (Å²) in [6.07, 6.45) is 0. The fourth-order valence-electron chi connectivity index (χ4n) is 1.60. The van der Waals surface area contributed by atoms with E-state index < -0.39 is 0 Å². The normalized spacial score (nSPS) is 11.4. The topological polar surface area (TPSA) is 61.7 Å². The van der Waals surface area contributed by atoms with Gasteiger partial charge in [-0.3, -0.25) is 4.79 Å². The number of thiophene rings is 1. The van der Waals surface area contributed by atoms with Crippen LogP contribution in [-0.2, 0) is 0 Å². The number of phenols is 1. The number of phenolic OH excluding ortho intramolecular Hbond substituents is 1. The molecule has 1 heterocycles. The Labute approximate surface area is 115 Å². The fraction of sp³-hybridized carbons (Fsp3) is 0.143. The van der Waals surface area contributed by atoms with Crippen LogP contribution in [0.1, 0.15) is 27.7 Å². The molecule has 0 bridgehead atoms. The van der Waals surface area contributed by atoms with Crippen LogP contribution >= 0.6 is 11.3 Å². The first kappa shape index (κ1) is 13.3. The number of carbonyl (C=O) groups excluding carboxylic acids is 1. The molecule has 1 aromatic heterocycles. The van der Waals surface area contributed by atoms with Crippen LogP contribution in [0.4, 0.5) is 0 Å². The van der Waals surface area contributed by atoms with Crippen LogP contribution in [0, 0.1) is 6.92 Å². The van der Waals surface area contributed by atoms with Gasteiger partial charge in [-0.2, -0.15) is 5.10 Å². The van der Waals surface area contributed by atoms with Crippen LogP contribution in [0.3, 0.4) is 0 Å². The van der Waals surface area contributed by atoms with Gasteiger partial charge in [0.1, 0.15) is 5.75 Å². The van der Waals surface area contributed by atoms with Crippen molar-refractivity contribution in [3.8, 4) is 5.75 Å². The number of hydrogen-bond acceptors (Lipinski definition) is 4. The average molecular weight is 274 g/mol. The van der Waals surface area contributed by atoms with Crippen LogP contribution in [0.15, 0.2) is 40.8 Å². The molecule has 19 heavy (non-hydrogen) atoms. The maximum atomic E-state index is 11.7. The highest BCUT2D eigenvalue weighted by Crippen LogP contribution is 2.18. The van der Waals surface area contributed by atoms with Crippen LogP contribution in [0.5, 0.6) is 5.75 Å². The summed E-state index contributed by atoms with van der Waals surface area (Å²) >= 11 is 1.35. The van der Waals surface area contributed by atoms with E-state index in [1.807, 2.05) is 30.5 Å². The van der Waals surface area contributed by atoms with Gasteiger partial charge >= 0.3 is 0 Å². The summed E-state index contributed by atoms with van der Waals surface area (Å²) in [5, 5.41) is 15.6. The number of carbonyl (C=O) groups is 1. The van der Waals surface area contributed by atoms with Crippen molar-refractivity contribution in [3.63, 3.8) is 0 Å². The van der Waals surface area contributed by atoms with E-state index >= 15 is 0 Å². The molecule has 0 saturated carbocycles. The zero-order chi connectivity index (χ0) is 13.8. The second-order valence-corrected chi connectivity index (χ2v) is 5.08. The molecule has 0 fully saturated rings. The molecular formula is C14H14N2O2S. The minimum atomic E-state index is -0.249. The van der Waals surface area contributed by atoms with Crippen LogP contribution in [-0.4, -0.2) is 16.7 Å². The van der Waals surface area contributed by atoms with Crippen LogP contribution < -0.4 is 5.43 Å². The van der Waals surface area contributed by atoms with Gasteiger partial charge in [-0.05, 0) is 37.4 Å². The van der Waals surface area contributed by atoms with Crippen LogP contribution in [0.2, 0.25) is 0 Å². The van der Waals surface area contributed by atoms with Crippen molar-refractivity contribution in [2.75, 3.05) is 0 Å². The first-order valence-corrected chi connectivity index (χ1v) is 6.64. The summed E-state index contributed by atoms with van der Waals surface area (Å²) in [6, 6.07) is 8.80. The van der Waals surface area contributed by atoms with E-state index in [0.717, 1.165) is 5.56 Å². The highest BCUT2D eigenvalue weighted by molar-refractivity contribution is 7.12. The second-order valence-electron chi connectivity index (χ2n) is 4.14. The molecule has 0 spiro atoms. The van der Waals surface area contributed by atoms with Crippen molar-refractivity contribution in [2.45, 2.75) is 13.8 Å². The molecule has 2 N–H and O–H groups in total. The molecule has 0 aliphatic rings. The zero-order valence-electron chi connectivity index (χ0n) is 10.7. The smallest absolute Gasteiger partial charge is 0.281 e. The second kappa shape index (κ2) is 5.67. The lowest BCUT2D eigenvalue weighted by atomic mass is 10.1. The van der Waals surface area contributed by atoms with E-state index in [1.165, 1.54) is 11.3 Å². The van der Waals surface area contributed by atoms with Crippen molar-refractivity contribution >= 4 is 23.0 Å². The van der Waals surface area contributed by atoms with Gasteiger partial charge in [-0.15, -0.1) is 11.3 Å². The summed E-state index contributed by atoms with van der Waals surface area (Å²) in [5.74, 6) is -0.0984. The zero-order valence-corrected chi connectivity index (χ0v) is 11.5.